The smallest absolute Gasteiger partial charge is 0.254 e. The SMILES string of the molecule is CN1CC(NC(=O)c2cc(Cl)ccc2F)C[C@@H](n2c(-c3ccccc3C#N)nc3cnc(-c4ncn[nH]4)cc32)C1. The van der Waals surface area contributed by atoms with E-state index in [1.54, 1.807) is 12.3 Å². The fraction of sp³-hybridized carbons (Fsp3) is 0.214. The van der Waals surface area contributed by atoms with Gasteiger partial charge in [0, 0.05) is 29.7 Å². The lowest BCUT2D eigenvalue weighted by molar-refractivity contribution is 0.0890. The minimum atomic E-state index is -0.633. The van der Waals surface area contributed by atoms with Crippen molar-refractivity contribution >= 4 is 28.5 Å². The van der Waals surface area contributed by atoms with Crippen LogP contribution >= 0.6 is 11.6 Å². The fourth-order valence-corrected chi connectivity index (χ4v) is 5.48. The van der Waals surface area contributed by atoms with E-state index in [2.05, 4.69) is 41.0 Å². The largest absolute Gasteiger partial charge is 0.348 e. The van der Waals surface area contributed by atoms with E-state index in [9.17, 15) is 14.4 Å². The Hall–Kier alpha value is -4.66. The molecule has 6 rings (SSSR count). The third kappa shape index (κ3) is 4.79. The zero-order valence-corrected chi connectivity index (χ0v) is 22.1. The zero-order chi connectivity index (χ0) is 27.8. The summed E-state index contributed by atoms with van der Waals surface area (Å²) in [6, 6.07) is 15.0. The Morgan fingerprint density at radius 3 is 2.85 bits per heavy atom. The Kier molecular flexibility index (Phi) is 6.71. The predicted octanol–water partition coefficient (Wildman–Crippen LogP) is 4.22. The molecule has 200 valence electrons. The number of H-pyrrole nitrogens is 1. The van der Waals surface area contributed by atoms with Crippen LogP contribution in [0.5, 0.6) is 0 Å². The van der Waals surface area contributed by atoms with E-state index in [1.165, 1.54) is 24.5 Å². The molecule has 1 unspecified atom stereocenters. The van der Waals surface area contributed by atoms with Crippen LogP contribution in [0.2, 0.25) is 5.02 Å². The van der Waals surface area contributed by atoms with E-state index in [1.807, 2.05) is 31.3 Å². The Bertz CT molecular complexity index is 1760. The van der Waals surface area contributed by atoms with Crippen LogP contribution < -0.4 is 5.32 Å². The molecule has 0 radical (unpaired) electrons. The second-order valence-electron chi connectivity index (χ2n) is 9.76. The molecule has 40 heavy (non-hydrogen) atoms. The summed E-state index contributed by atoms with van der Waals surface area (Å²) in [7, 11) is 1.97. The normalized spacial score (nSPS) is 17.6. The number of pyridine rings is 1. The summed E-state index contributed by atoms with van der Waals surface area (Å²) in [5.41, 5.74) is 3.13. The molecule has 1 amide bonds. The average molecular weight is 556 g/mol. The van der Waals surface area contributed by atoms with E-state index in [0.717, 1.165) is 5.52 Å². The summed E-state index contributed by atoms with van der Waals surface area (Å²) in [6.07, 6.45) is 3.64. The molecule has 1 saturated heterocycles. The lowest BCUT2D eigenvalue weighted by Crippen LogP contribution is -2.50. The molecule has 1 fully saturated rings. The monoisotopic (exact) mass is 555 g/mol. The Morgan fingerprint density at radius 1 is 1.20 bits per heavy atom. The van der Waals surface area contributed by atoms with E-state index >= 15 is 0 Å². The number of nitrogens with zero attached hydrogens (tertiary/aromatic N) is 7. The zero-order valence-electron chi connectivity index (χ0n) is 21.3. The number of halogens is 2. The van der Waals surface area contributed by atoms with Crippen molar-refractivity contribution in [3.63, 3.8) is 0 Å². The van der Waals surface area contributed by atoms with Crippen molar-refractivity contribution in [3.8, 4) is 29.0 Å². The van der Waals surface area contributed by atoms with Gasteiger partial charge in [-0.15, -0.1) is 0 Å². The van der Waals surface area contributed by atoms with E-state index in [0.29, 0.717) is 53.5 Å². The van der Waals surface area contributed by atoms with Gasteiger partial charge in [0.05, 0.1) is 35.0 Å². The number of carbonyl (C=O) groups excluding carboxylic acids is 1. The lowest BCUT2D eigenvalue weighted by atomic mass is 9.99. The molecule has 4 heterocycles. The molecule has 3 aromatic heterocycles. The number of hydrogen-bond acceptors (Lipinski definition) is 7. The van der Waals surface area contributed by atoms with Crippen LogP contribution in [-0.4, -0.2) is 66.7 Å². The molecule has 2 aromatic carbocycles. The minimum Gasteiger partial charge on any atom is -0.348 e. The Labute approximate surface area is 233 Å². The van der Waals surface area contributed by atoms with Crippen LogP contribution in [0.15, 0.2) is 61.1 Å². The number of rotatable bonds is 5. The van der Waals surface area contributed by atoms with Gasteiger partial charge in [0.15, 0.2) is 5.82 Å². The summed E-state index contributed by atoms with van der Waals surface area (Å²) in [5, 5.41) is 19.9. The third-order valence-corrected chi connectivity index (χ3v) is 7.24. The van der Waals surface area contributed by atoms with E-state index in [-0.39, 0.29) is 22.7 Å². The van der Waals surface area contributed by atoms with Gasteiger partial charge in [0.25, 0.3) is 5.91 Å². The molecule has 1 aliphatic heterocycles. The maximum Gasteiger partial charge on any atom is 0.254 e. The van der Waals surface area contributed by atoms with Gasteiger partial charge in [-0.25, -0.2) is 14.4 Å². The van der Waals surface area contributed by atoms with E-state index < -0.39 is 11.7 Å². The molecule has 1 aliphatic rings. The van der Waals surface area contributed by atoms with Gasteiger partial charge >= 0.3 is 0 Å². The predicted molar refractivity (Wildman–Crippen MR) is 147 cm³/mol. The first-order chi connectivity index (χ1) is 19.4. The van der Waals surface area contributed by atoms with Gasteiger partial charge in [0.1, 0.15) is 29.2 Å². The standard InChI is InChI=1S/C28H23ClFN9O/c1-38-13-18(35-28(40)21-8-17(29)6-7-22(21)30)9-19(14-38)39-25-10-23(26-33-15-34-37-26)32-12-24(25)36-27(39)20-5-3-2-4-16(20)11-31/h2-8,10,12,15,18-19H,9,13-14H2,1H3,(H,35,40)(H,33,34,37)/t18?,19-/m1/s1. The van der Waals surface area contributed by atoms with Crippen LogP contribution in [0.25, 0.3) is 33.9 Å². The number of aromatic nitrogens is 6. The number of nitrogens with one attached hydrogen (secondary N) is 2. The molecule has 0 saturated carbocycles. The second kappa shape index (κ2) is 10.5. The number of carbonyl (C=O) groups is 1. The van der Waals surface area contributed by atoms with Crippen LogP contribution in [0.3, 0.4) is 0 Å². The Morgan fingerprint density at radius 2 is 2.05 bits per heavy atom. The Balaban J connectivity index is 1.43. The molecule has 0 aliphatic carbocycles. The first kappa shape index (κ1) is 25.6. The topological polar surface area (TPSA) is 128 Å². The van der Waals surface area contributed by atoms with Crippen molar-refractivity contribution in [2.45, 2.75) is 18.5 Å². The summed E-state index contributed by atoms with van der Waals surface area (Å²) in [5.74, 6) is -0.0227. The highest BCUT2D eigenvalue weighted by Gasteiger charge is 2.32. The maximum atomic E-state index is 14.4. The molecule has 10 nitrogen and oxygen atoms in total. The highest BCUT2D eigenvalue weighted by molar-refractivity contribution is 6.31. The quantitative estimate of drug-likeness (QED) is 0.332. The number of imidazole rings is 1. The highest BCUT2D eigenvalue weighted by atomic mass is 35.5. The number of likely N-dealkylation sites (N-methyl/N-ethyl adjacent to an activating group) is 1. The molecule has 2 N–H and O–H groups in total. The second-order valence-corrected chi connectivity index (χ2v) is 10.2. The number of benzene rings is 2. The van der Waals surface area contributed by atoms with Gasteiger partial charge in [-0.1, -0.05) is 23.7 Å². The van der Waals surface area contributed by atoms with Gasteiger partial charge in [-0.2, -0.15) is 10.4 Å². The molecule has 0 spiro atoms. The van der Waals surface area contributed by atoms with Crippen molar-refractivity contribution in [1.82, 2.24) is 39.9 Å². The van der Waals surface area contributed by atoms with Gasteiger partial charge in [0.2, 0.25) is 0 Å². The number of nitriles is 1. The summed E-state index contributed by atoms with van der Waals surface area (Å²) < 4.78 is 16.5. The molecular formula is C28H23ClFN9O. The van der Waals surface area contributed by atoms with Gasteiger partial charge in [-0.3, -0.25) is 14.9 Å². The average Bonchev–Trinajstić information content (AvgIpc) is 3.62. The van der Waals surface area contributed by atoms with E-state index in [4.69, 9.17) is 16.6 Å². The van der Waals surface area contributed by atoms with Crippen LogP contribution in [0, 0.1) is 17.1 Å². The molecular weight excluding hydrogens is 533 g/mol. The minimum absolute atomic E-state index is 0.100. The first-order valence-electron chi connectivity index (χ1n) is 12.6. The lowest BCUT2D eigenvalue weighted by Gasteiger charge is -2.37. The summed E-state index contributed by atoms with van der Waals surface area (Å²) in [4.78, 5) is 28.8. The number of piperidine rings is 1. The number of aromatic amines is 1. The van der Waals surface area contributed by atoms with Crippen molar-refractivity contribution in [1.29, 1.82) is 5.26 Å². The van der Waals surface area contributed by atoms with Crippen LogP contribution in [-0.2, 0) is 0 Å². The van der Waals surface area contributed by atoms with Crippen LogP contribution in [0.4, 0.5) is 4.39 Å². The van der Waals surface area contributed by atoms with Crippen molar-refractivity contribution in [3.05, 3.63) is 83.0 Å². The molecule has 5 aromatic rings. The maximum absolute atomic E-state index is 14.4. The molecule has 12 heteroatoms. The molecule has 2 atom stereocenters. The number of amides is 1. The van der Waals surface area contributed by atoms with Crippen molar-refractivity contribution < 1.29 is 9.18 Å². The fourth-order valence-electron chi connectivity index (χ4n) is 5.31. The summed E-state index contributed by atoms with van der Waals surface area (Å²) >= 11 is 6.02. The van der Waals surface area contributed by atoms with Crippen molar-refractivity contribution in [2.75, 3.05) is 20.1 Å². The number of likely N-dealkylation sites (tertiary alicyclic amines) is 1. The van der Waals surface area contributed by atoms with Gasteiger partial charge < -0.3 is 14.8 Å². The van der Waals surface area contributed by atoms with Crippen LogP contribution in [0.1, 0.15) is 28.4 Å². The first-order valence-corrected chi connectivity index (χ1v) is 13.0. The number of hydrogen-bond donors (Lipinski definition) is 2. The number of fused-ring (bicyclic) bond motifs is 1. The van der Waals surface area contributed by atoms with Crippen molar-refractivity contribution in [2.24, 2.45) is 0 Å². The third-order valence-electron chi connectivity index (χ3n) is 7.01. The highest BCUT2D eigenvalue weighted by Crippen LogP contribution is 2.35. The molecule has 0 bridgehead atoms. The van der Waals surface area contributed by atoms with Gasteiger partial charge in [-0.05, 0) is 49.9 Å². The summed E-state index contributed by atoms with van der Waals surface area (Å²) in [6.45, 7) is 1.23.